The summed E-state index contributed by atoms with van der Waals surface area (Å²) in [4.78, 5) is 20.5. The van der Waals surface area contributed by atoms with Crippen LogP contribution in [0.3, 0.4) is 0 Å². The number of carbonyl (C=O) groups is 1. The fraction of sp³-hybridized carbons (Fsp3) is 0.200. The van der Waals surface area contributed by atoms with Crippen LogP contribution in [0.2, 0.25) is 0 Å². The maximum absolute atomic E-state index is 12.3. The summed E-state index contributed by atoms with van der Waals surface area (Å²) in [6.45, 7) is 1.45. The molecule has 0 radical (unpaired) electrons. The molecule has 24 heavy (non-hydrogen) atoms. The highest BCUT2D eigenvalue weighted by Gasteiger charge is 2.34. The standard InChI is InChI=1S/C20H17N3O/c1-22-12-16-9-15(8-13-6-7-23(19(13)16)20(22)24)18-11-21-10-14-4-2-3-5-17(14)18/h2-5,8-11H,6-7,12H2,1H3. The van der Waals surface area contributed by atoms with Crippen molar-refractivity contribution in [3.63, 3.8) is 0 Å². The van der Waals surface area contributed by atoms with Gasteiger partial charge in [0, 0.05) is 43.5 Å². The molecule has 2 aliphatic rings. The number of urea groups is 1. The third-order valence-electron chi connectivity index (χ3n) is 5.09. The summed E-state index contributed by atoms with van der Waals surface area (Å²) in [6, 6.07) is 12.9. The number of carbonyl (C=O) groups excluding carboxylic acids is 1. The van der Waals surface area contributed by atoms with Crippen LogP contribution in [0.15, 0.2) is 48.8 Å². The molecule has 1 aromatic heterocycles. The predicted octanol–water partition coefficient (Wildman–Crippen LogP) is 3.83. The second-order valence-electron chi connectivity index (χ2n) is 6.59. The van der Waals surface area contributed by atoms with E-state index < -0.39 is 0 Å². The largest absolute Gasteiger partial charge is 0.324 e. The van der Waals surface area contributed by atoms with E-state index in [1.165, 1.54) is 22.1 Å². The monoisotopic (exact) mass is 315 g/mol. The molecular formula is C20H17N3O. The zero-order valence-electron chi connectivity index (χ0n) is 13.5. The van der Waals surface area contributed by atoms with Crippen LogP contribution in [0, 0.1) is 0 Å². The Labute approximate surface area is 140 Å². The number of amides is 2. The average molecular weight is 315 g/mol. The first-order valence-corrected chi connectivity index (χ1v) is 8.24. The first kappa shape index (κ1) is 13.5. The van der Waals surface area contributed by atoms with Crippen LogP contribution >= 0.6 is 0 Å². The van der Waals surface area contributed by atoms with Crippen LogP contribution < -0.4 is 4.90 Å². The van der Waals surface area contributed by atoms with Gasteiger partial charge in [-0.05, 0) is 40.6 Å². The third-order valence-corrected chi connectivity index (χ3v) is 5.09. The molecular weight excluding hydrogens is 298 g/mol. The summed E-state index contributed by atoms with van der Waals surface area (Å²) in [5.74, 6) is 0. The van der Waals surface area contributed by atoms with E-state index in [4.69, 9.17) is 0 Å². The van der Waals surface area contributed by atoms with E-state index in [2.05, 4.69) is 35.3 Å². The van der Waals surface area contributed by atoms with Crippen LogP contribution in [-0.4, -0.2) is 29.5 Å². The summed E-state index contributed by atoms with van der Waals surface area (Å²) in [7, 11) is 1.87. The molecule has 0 unspecified atom stereocenters. The van der Waals surface area contributed by atoms with Gasteiger partial charge in [0.05, 0.1) is 5.69 Å². The topological polar surface area (TPSA) is 36.4 Å². The number of aromatic nitrogens is 1. The molecule has 4 nitrogen and oxygen atoms in total. The number of anilines is 1. The predicted molar refractivity (Wildman–Crippen MR) is 95.1 cm³/mol. The average Bonchev–Trinajstić information content (AvgIpc) is 3.04. The minimum Gasteiger partial charge on any atom is -0.323 e. The van der Waals surface area contributed by atoms with Crippen LogP contribution in [-0.2, 0) is 13.0 Å². The van der Waals surface area contributed by atoms with Gasteiger partial charge in [0.15, 0.2) is 0 Å². The van der Waals surface area contributed by atoms with E-state index in [1.807, 2.05) is 30.4 Å². The van der Waals surface area contributed by atoms with Gasteiger partial charge in [-0.25, -0.2) is 4.79 Å². The molecule has 3 heterocycles. The molecule has 0 atom stereocenters. The van der Waals surface area contributed by atoms with Crippen LogP contribution in [0.4, 0.5) is 10.5 Å². The first-order chi connectivity index (χ1) is 11.7. The Kier molecular flexibility index (Phi) is 2.71. The second-order valence-corrected chi connectivity index (χ2v) is 6.59. The van der Waals surface area contributed by atoms with Gasteiger partial charge in [-0.2, -0.15) is 0 Å². The highest BCUT2D eigenvalue weighted by molar-refractivity contribution is 6.00. The van der Waals surface area contributed by atoms with E-state index >= 15 is 0 Å². The SMILES string of the molecule is CN1Cc2cc(-c3cncc4ccccc34)cc3c2N(CC3)C1=O. The van der Waals surface area contributed by atoms with E-state index in [1.54, 1.807) is 4.90 Å². The van der Waals surface area contributed by atoms with Crippen molar-refractivity contribution in [1.29, 1.82) is 0 Å². The molecule has 0 fully saturated rings. The summed E-state index contributed by atoms with van der Waals surface area (Å²) in [5.41, 5.74) is 5.99. The number of pyridine rings is 1. The third kappa shape index (κ3) is 1.80. The first-order valence-electron chi connectivity index (χ1n) is 8.24. The van der Waals surface area contributed by atoms with Gasteiger partial charge in [-0.3, -0.25) is 9.88 Å². The lowest BCUT2D eigenvalue weighted by atomic mass is 9.95. The second kappa shape index (κ2) is 4.81. The Balaban J connectivity index is 1.74. The van der Waals surface area contributed by atoms with E-state index in [0.29, 0.717) is 6.54 Å². The molecule has 0 bridgehead atoms. The number of hydrogen-bond acceptors (Lipinski definition) is 2. The molecule has 2 amide bonds. The maximum atomic E-state index is 12.3. The maximum Gasteiger partial charge on any atom is 0.324 e. The van der Waals surface area contributed by atoms with Crippen molar-refractivity contribution in [2.45, 2.75) is 13.0 Å². The highest BCUT2D eigenvalue weighted by atomic mass is 16.2. The van der Waals surface area contributed by atoms with Crippen molar-refractivity contribution in [1.82, 2.24) is 9.88 Å². The number of nitrogens with zero attached hydrogens (tertiary/aromatic N) is 3. The molecule has 5 rings (SSSR count). The van der Waals surface area contributed by atoms with Crippen molar-refractivity contribution >= 4 is 22.5 Å². The molecule has 3 aromatic rings. The van der Waals surface area contributed by atoms with Crippen LogP contribution in [0.5, 0.6) is 0 Å². The van der Waals surface area contributed by atoms with Crippen molar-refractivity contribution < 1.29 is 4.79 Å². The van der Waals surface area contributed by atoms with Crippen molar-refractivity contribution in [3.05, 3.63) is 59.9 Å². The summed E-state index contributed by atoms with van der Waals surface area (Å²) < 4.78 is 0. The Morgan fingerprint density at radius 1 is 1.08 bits per heavy atom. The molecule has 2 aliphatic heterocycles. The van der Waals surface area contributed by atoms with Gasteiger partial charge in [-0.1, -0.05) is 24.3 Å². The van der Waals surface area contributed by atoms with Crippen LogP contribution in [0.25, 0.3) is 21.9 Å². The summed E-state index contributed by atoms with van der Waals surface area (Å²) in [6.07, 6.45) is 4.78. The molecule has 0 saturated heterocycles. The quantitative estimate of drug-likeness (QED) is 0.684. The fourth-order valence-electron chi connectivity index (χ4n) is 3.98. The van der Waals surface area contributed by atoms with Gasteiger partial charge in [0.2, 0.25) is 0 Å². The molecule has 2 aromatic carbocycles. The smallest absolute Gasteiger partial charge is 0.323 e. The van der Waals surface area contributed by atoms with Gasteiger partial charge in [-0.15, -0.1) is 0 Å². The lowest BCUT2D eigenvalue weighted by Crippen LogP contribution is -2.43. The molecule has 0 saturated carbocycles. The highest BCUT2D eigenvalue weighted by Crippen LogP contribution is 2.40. The Morgan fingerprint density at radius 3 is 2.83 bits per heavy atom. The molecule has 4 heteroatoms. The minimum absolute atomic E-state index is 0.112. The summed E-state index contributed by atoms with van der Waals surface area (Å²) >= 11 is 0. The van der Waals surface area contributed by atoms with Crippen molar-refractivity contribution in [3.8, 4) is 11.1 Å². The zero-order valence-corrected chi connectivity index (χ0v) is 13.5. The molecule has 118 valence electrons. The van der Waals surface area contributed by atoms with Gasteiger partial charge in [0.1, 0.15) is 0 Å². The van der Waals surface area contributed by atoms with Crippen molar-refractivity contribution in [2.24, 2.45) is 0 Å². The molecule has 0 aliphatic carbocycles. The molecule has 0 N–H and O–H groups in total. The minimum atomic E-state index is 0.112. The Morgan fingerprint density at radius 2 is 1.92 bits per heavy atom. The van der Waals surface area contributed by atoms with E-state index in [0.717, 1.165) is 29.6 Å². The van der Waals surface area contributed by atoms with Crippen LogP contribution in [0.1, 0.15) is 11.1 Å². The zero-order chi connectivity index (χ0) is 16.3. The van der Waals surface area contributed by atoms with E-state index in [9.17, 15) is 4.79 Å². The number of fused-ring (bicyclic) bond motifs is 1. The van der Waals surface area contributed by atoms with E-state index in [-0.39, 0.29) is 6.03 Å². The molecule has 0 spiro atoms. The number of rotatable bonds is 1. The lowest BCUT2D eigenvalue weighted by molar-refractivity contribution is 0.211. The van der Waals surface area contributed by atoms with Crippen molar-refractivity contribution in [2.75, 3.05) is 18.5 Å². The van der Waals surface area contributed by atoms with Gasteiger partial charge < -0.3 is 4.90 Å². The normalized spacial score (nSPS) is 16.0. The van der Waals surface area contributed by atoms with Gasteiger partial charge >= 0.3 is 6.03 Å². The number of hydrogen-bond donors (Lipinski definition) is 0. The summed E-state index contributed by atoms with van der Waals surface area (Å²) in [5, 5.41) is 2.37. The number of benzene rings is 2. The Hall–Kier alpha value is -2.88. The Bertz CT molecular complexity index is 990. The fourth-order valence-corrected chi connectivity index (χ4v) is 3.98. The lowest BCUT2D eigenvalue weighted by Gasteiger charge is -2.32. The van der Waals surface area contributed by atoms with Gasteiger partial charge in [0.25, 0.3) is 0 Å².